The van der Waals surface area contributed by atoms with Crippen LogP contribution < -0.4 is 5.32 Å². The zero-order chi connectivity index (χ0) is 10.7. The summed E-state index contributed by atoms with van der Waals surface area (Å²) >= 11 is 1.80. The molecule has 0 aromatic carbocycles. The number of hydrogen-bond acceptors (Lipinski definition) is 4. The quantitative estimate of drug-likeness (QED) is 0.929. The Labute approximate surface area is 120 Å². The molecule has 1 aliphatic heterocycles. The van der Waals surface area contributed by atoms with Gasteiger partial charge in [-0.25, -0.2) is 4.98 Å². The molecule has 0 spiro atoms. The Balaban J connectivity index is 0.00000128. The SMILES string of the molecule is CC(C)c1csc(CN2CCNCC2)n1.Cl.Cl. The van der Waals surface area contributed by atoms with Crippen LogP contribution in [0.4, 0.5) is 0 Å². The number of nitrogens with one attached hydrogen (secondary N) is 1. The number of rotatable bonds is 3. The molecule has 0 aliphatic carbocycles. The van der Waals surface area contributed by atoms with E-state index in [1.54, 1.807) is 11.3 Å². The second-order valence-electron chi connectivity index (χ2n) is 4.35. The predicted molar refractivity (Wildman–Crippen MR) is 78.8 cm³/mol. The Kier molecular flexibility index (Phi) is 8.33. The summed E-state index contributed by atoms with van der Waals surface area (Å²) in [7, 11) is 0. The largest absolute Gasteiger partial charge is 0.314 e. The summed E-state index contributed by atoms with van der Waals surface area (Å²) in [4.78, 5) is 7.13. The monoisotopic (exact) mass is 297 g/mol. The summed E-state index contributed by atoms with van der Waals surface area (Å²) in [6, 6.07) is 0. The molecular weight excluding hydrogens is 277 g/mol. The van der Waals surface area contributed by atoms with Gasteiger partial charge in [-0.05, 0) is 5.92 Å². The lowest BCUT2D eigenvalue weighted by molar-refractivity contribution is 0.233. The van der Waals surface area contributed by atoms with Gasteiger partial charge in [0.1, 0.15) is 5.01 Å². The molecule has 6 heteroatoms. The van der Waals surface area contributed by atoms with Crippen LogP contribution in [0.25, 0.3) is 0 Å². The van der Waals surface area contributed by atoms with Crippen LogP contribution >= 0.6 is 36.2 Å². The van der Waals surface area contributed by atoms with Crippen LogP contribution in [0.5, 0.6) is 0 Å². The van der Waals surface area contributed by atoms with E-state index in [0.29, 0.717) is 5.92 Å². The van der Waals surface area contributed by atoms with Crippen molar-refractivity contribution in [2.45, 2.75) is 26.3 Å². The molecule has 0 bridgehead atoms. The first-order valence-electron chi connectivity index (χ1n) is 5.63. The summed E-state index contributed by atoms with van der Waals surface area (Å²) in [6.07, 6.45) is 0. The van der Waals surface area contributed by atoms with Crippen LogP contribution in [0, 0.1) is 0 Å². The van der Waals surface area contributed by atoms with Crippen molar-refractivity contribution in [3.05, 3.63) is 16.1 Å². The summed E-state index contributed by atoms with van der Waals surface area (Å²) < 4.78 is 0. The van der Waals surface area contributed by atoms with Crippen molar-refractivity contribution in [3.8, 4) is 0 Å². The third-order valence-electron chi connectivity index (χ3n) is 2.73. The molecule has 2 rings (SSSR count). The lowest BCUT2D eigenvalue weighted by Gasteiger charge is -2.26. The van der Waals surface area contributed by atoms with Gasteiger partial charge in [-0.3, -0.25) is 4.90 Å². The van der Waals surface area contributed by atoms with Gasteiger partial charge in [0, 0.05) is 31.6 Å². The molecule has 1 saturated heterocycles. The number of nitrogens with zero attached hydrogens (tertiary/aromatic N) is 2. The number of halogens is 2. The van der Waals surface area contributed by atoms with E-state index in [-0.39, 0.29) is 24.8 Å². The maximum absolute atomic E-state index is 4.66. The number of aromatic nitrogens is 1. The Morgan fingerprint density at radius 1 is 1.35 bits per heavy atom. The number of piperazine rings is 1. The molecule has 0 radical (unpaired) electrons. The minimum Gasteiger partial charge on any atom is -0.314 e. The molecule has 100 valence electrons. The van der Waals surface area contributed by atoms with Gasteiger partial charge >= 0.3 is 0 Å². The maximum Gasteiger partial charge on any atom is 0.107 e. The molecule has 1 fully saturated rings. The minimum atomic E-state index is 0. The highest BCUT2D eigenvalue weighted by Gasteiger charge is 2.12. The van der Waals surface area contributed by atoms with Crippen LogP contribution in [0.15, 0.2) is 5.38 Å². The molecule has 1 N–H and O–H groups in total. The fourth-order valence-corrected chi connectivity index (χ4v) is 2.72. The van der Waals surface area contributed by atoms with Crippen molar-refractivity contribution >= 4 is 36.2 Å². The van der Waals surface area contributed by atoms with Crippen molar-refractivity contribution in [1.29, 1.82) is 0 Å². The molecular formula is C11H21Cl2N3S. The molecule has 17 heavy (non-hydrogen) atoms. The Bertz CT molecular complexity index is 311. The van der Waals surface area contributed by atoms with Crippen LogP contribution in [0.2, 0.25) is 0 Å². The van der Waals surface area contributed by atoms with Crippen LogP contribution in [-0.2, 0) is 6.54 Å². The highest BCUT2D eigenvalue weighted by Crippen LogP contribution is 2.18. The highest BCUT2D eigenvalue weighted by atomic mass is 35.5. The molecule has 1 aromatic rings. The van der Waals surface area contributed by atoms with E-state index in [1.807, 2.05) is 0 Å². The molecule has 0 atom stereocenters. The van der Waals surface area contributed by atoms with E-state index < -0.39 is 0 Å². The smallest absolute Gasteiger partial charge is 0.107 e. The summed E-state index contributed by atoms with van der Waals surface area (Å²) in [6.45, 7) is 9.95. The molecule has 1 aliphatic rings. The Morgan fingerprint density at radius 2 is 2.00 bits per heavy atom. The van der Waals surface area contributed by atoms with Gasteiger partial charge in [-0.1, -0.05) is 13.8 Å². The number of thiazole rings is 1. The van der Waals surface area contributed by atoms with Gasteiger partial charge in [0.2, 0.25) is 0 Å². The molecule has 1 aromatic heterocycles. The summed E-state index contributed by atoms with van der Waals surface area (Å²) in [5.41, 5.74) is 1.24. The van der Waals surface area contributed by atoms with Crippen molar-refractivity contribution in [2.24, 2.45) is 0 Å². The standard InChI is InChI=1S/C11H19N3S.2ClH/c1-9(2)10-8-15-11(13-10)7-14-5-3-12-4-6-14;;/h8-9,12H,3-7H2,1-2H3;2*1H. The first-order chi connectivity index (χ1) is 7.25. The molecule has 2 heterocycles. The van der Waals surface area contributed by atoms with Gasteiger partial charge in [-0.2, -0.15) is 0 Å². The van der Waals surface area contributed by atoms with Crippen molar-refractivity contribution in [3.63, 3.8) is 0 Å². The molecule has 0 unspecified atom stereocenters. The third kappa shape index (κ3) is 5.10. The van der Waals surface area contributed by atoms with E-state index in [9.17, 15) is 0 Å². The van der Waals surface area contributed by atoms with Gasteiger partial charge in [0.05, 0.1) is 12.2 Å². The average Bonchev–Trinajstić information content (AvgIpc) is 2.68. The first-order valence-corrected chi connectivity index (χ1v) is 6.51. The van der Waals surface area contributed by atoms with Crippen molar-refractivity contribution in [1.82, 2.24) is 15.2 Å². The Morgan fingerprint density at radius 3 is 2.53 bits per heavy atom. The lowest BCUT2D eigenvalue weighted by Crippen LogP contribution is -2.42. The second kappa shape index (κ2) is 8.27. The van der Waals surface area contributed by atoms with E-state index >= 15 is 0 Å². The van der Waals surface area contributed by atoms with Gasteiger partial charge < -0.3 is 5.32 Å². The minimum absolute atomic E-state index is 0. The van der Waals surface area contributed by atoms with Gasteiger partial charge in [0.25, 0.3) is 0 Å². The topological polar surface area (TPSA) is 28.2 Å². The van der Waals surface area contributed by atoms with E-state index in [4.69, 9.17) is 0 Å². The van der Waals surface area contributed by atoms with E-state index in [2.05, 4.69) is 34.4 Å². The highest BCUT2D eigenvalue weighted by molar-refractivity contribution is 7.09. The fraction of sp³-hybridized carbons (Fsp3) is 0.727. The zero-order valence-electron chi connectivity index (χ0n) is 10.3. The fourth-order valence-electron chi connectivity index (χ4n) is 1.72. The molecule has 3 nitrogen and oxygen atoms in total. The van der Waals surface area contributed by atoms with Crippen LogP contribution in [0.1, 0.15) is 30.5 Å². The molecule has 0 saturated carbocycles. The first kappa shape index (κ1) is 17.1. The van der Waals surface area contributed by atoms with Crippen LogP contribution in [0.3, 0.4) is 0 Å². The third-order valence-corrected chi connectivity index (χ3v) is 3.58. The molecule has 0 amide bonds. The average molecular weight is 298 g/mol. The zero-order valence-corrected chi connectivity index (χ0v) is 12.8. The number of hydrogen-bond donors (Lipinski definition) is 1. The maximum atomic E-state index is 4.66. The van der Waals surface area contributed by atoms with E-state index in [1.165, 1.54) is 10.7 Å². The van der Waals surface area contributed by atoms with Crippen molar-refractivity contribution < 1.29 is 0 Å². The Hall–Kier alpha value is 0.130. The van der Waals surface area contributed by atoms with Gasteiger partial charge in [0.15, 0.2) is 0 Å². The predicted octanol–water partition coefficient (Wildman–Crippen LogP) is 2.52. The van der Waals surface area contributed by atoms with Crippen LogP contribution in [-0.4, -0.2) is 36.1 Å². The summed E-state index contributed by atoms with van der Waals surface area (Å²) in [5, 5.41) is 6.83. The van der Waals surface area contributed by atoms with Gasteiger partial charge in [-0.15, -0.1) is 36.2 Å². The normalized spacial score (nSPS) is 16.4. The summed E-state index contributed by atoms with van der Waals surface area (Å²) in [5.74, 6) is 0.554. The van der Waals surface area contributed by atoms with Crippen molar-refractivity contribution in [2.75, 3.05) is 26.2 Å². The van der Waals surface area contributed by atoms with E-state index in [0.717, 1.165) is 32.7 Å². The second-order valence-corrected chi connectivity index (χ2v) is 5.29. The lowest BCUT2D eigenvalue weighted by atomic mass is 10.2.